The summed E-state index contributed by atoms with van der Waals surface area (Å²) >= 11 is 1.63. The Morgan fingerprint density at radius 1 is 1.35 bits per heavy atom. The van der Waals surface area contributed by atoms with E-state index in [1.54, 1.807) is 11.3 Å². The van der Waals surface area contributed by atoms with Gasteiger partial charge >= 0.3 is 0 Å². The van der Waals surface area contributed by atoms with E-state index < -0.39 is 6.10 Å². The van der Waals surface area contributed by atoms with E-state index in [0.717, 1.165) is 17.7 Å². The van der Waals surface area contributed by atoms with E-state index in [1.807, 2.05) is 24.4 Å². The van der Waals surface area contributed by atoms with Crippen molar-refractivity contribution in [2.75, 3.05) is 6.61 Å². The molecule has 0 aliphatic heterocycles. The number of thiophene rings is 1. The fourth-order valence-corrected chi connectivity index (χ4v) is 3.63. The number of ether oxygens (including phenoxy) is 1. The molecule has 2 nitrogen and oxygen atoms in total. The summed E-state index contributed by atoms with van der Waals surface area (Å²) in [5.41, 5.74) is -0.337. The van der Waals surface area contributed by atoms with Crippen molar-refractivity contribution in [3.05, 3.63) is 22.4 Å². The van der Waals surface area contributed by atoms with Crippen molar-refractivity contribution in [3.8, 4) is 0 Å². The quantitative estimate of drug-likeness (QED) is 0.825. The van der Waals surface area contributed by atoms with Gasteiger partial charge in [-0.2, -0.15) is 0 Å². The summed E-state index contributed by atoms with van der Waals surface area (Å²) in [6.07, 6.45) is 6.39. The Morgan fingerprint density at radius 3 is 2.59 bits per heavy atom. The predicted octanol–water partition coefficient (Wildman–Crippen LogP) is 3.91. The lowest BCUT2D eigenvalue weighted by Gasteiger charge is -2.36. The highest BCUT2D eigenvalue weighted by atomic mass is 32.1. The molecule has 1 N–H and O–H groups in total. The molecule has 1 unspecified atom stereocenters. The molecule has 0 saturated heterocycles. The average Bonchev–Trinajstić information content (AvgIpc) is 2.76. The molecule has 0 aromatic carbocycles. The van der Waals surface area contributed by atoms with Crippen molar-refractivity contribution in [1.29, 1.82) is 0 Å². The van der Waals surface area contributed by atoms with E-state index in [9.17, 15) is 5.11 Å². The molecule has 1 atom stereocenters. The predicted molar refractivity (Wildman–Crippen MR) is 71.3 cm³/mol. The van der Waals surface area contributed by atoms with Crippen molar-refractivity contribution >= 4 is 11.3 Å². The summed E-state index contributed by atoms with van der Waals surface area (Å²) < 4.78 is 5.99. The Balaban J connectivity index is 2.19. The standard InChI is InChI=1S/C14H22O2S/c1-2-16-14(9-5-3-4-6-10-14)13(15)12-8-7-11-17-12/h7-8,11,13,15H,2-6,9-10H2,1H3. The van der Waals surface area contributed by atoms with Crippen LogP contribution in [0.4, 0.5) is 0 Å². The third-order valence-electron chi connectivity index (χ3n) is 3.69. The first kappa shape index (κ1) is 13.1. The second kappa shape index (κ2) is 5.98. The van der Waals surface area contributed by atoms with Crippen LogP contribution >= 0.6 is 11.3 Å². The highest BCUT2D eigenvalue weighted by Gasteiger charge is 2.40. The molecule has 0 radical (unpaired) electrons. The van der Waals surface area contributed by atoms with Crippen molar-refractivity contribution < 1.29 is 9.84 Å². The maximum Gasteiger partial charge on any atom is 0.117 e. The Bertz CT molecular complexity index is 313. The second-order valence-electron chi connectivity index (χ2n) is 4.83. The molecule has 1 aliphatic carbocycles. The third-order valence-corrected chi connectivity index (χ3v) is 4.62. The highest BCUT2D eigenvalue weighted by Crippen LogP contribution is 2.41. The van der Waals surface area contributed by atoms with E-state index in [-0.39, 0.29) is 5.60 Å². The SMILES string of the molecule is CCOC1(C(O)c2cccs2)CCCCCC1. The Labute approximate surface area is 108 Å². The normalized spacial score (nSPS) is 22.0. The molecule has 96 valence electrons. The van der Waals surface area contributed by atoms with Crippen molar-refractivity contribution in [3.63, 3.8) is 0 Å². The molecule has 2 rings (SSSR count). The molecular weight excluding hydrogens is 232 g/mol. The Kier molecular flexibility index (Phi) is 4.60. The zero-order valence-corrected chi connectivity index (χ0v) is 11.3. The number of rotatable bonds is 4. The fourth-order valence-electron chi connectivity index (χ4n) is 2.82. The van der Waals surface area contributed by atoms with Gasteiger partial charge in [0.1, 0.15) is 6.10 Å². The summed E-state index contributed by atoms with van der Waals surface area (Å²) in [4.78, 5) is 1.04. The first-order chi connectivity index (χ1) is 8.28. The van der Waals surface area contributed by atoms with Gasteiger partial charge in [0.25, 0.3) is 0 Å². The van der Waals surface area contributed by atoms with Gasteiger partial charge in [0.05, 0.1) is 5.60 Å². The van der Waals surface area contributed by atoms with E-state index in [2.05, 4.69) is 0 Å². The first-order valence-corrected chi connectivity index (χ1v) is 7.52. The van der Waals surface area contributed by atoms with Crippen molar-refractivity contribution in [2.24, 2.45) is 0 Å². The molecule has 17 heavy (non-hydrogen) atoms. The van der Waals surface area contributed by atoms with E-state index in [4.69, 9.17) is 4.74 Å². The number of hydrogen-bond acceptors (Lipinski definition) is 3. The second-order valence-corrected chi connectivity index (χ2v) is 5.81. The molecule has 0 bridgehead atoms. The van der Waals surface area contributed by atoms with Gasteiger partial charge < -0.3 is 9.84 Å². The van der Waals surface area contributed by atoms with Crippen molar-refractivity contribution in [1.82, 2.24) is 0 Å². The lowest BCUT2D eigenvalue weighted by molar-refractivity contribution is -0.130. The monoisotopic (exact) mass is 254 g/mol. The third kappa shape index (κ3) is 2.90. The average molecular weight is 254 g/mol. The Morgan fingerprint density at radius 2 is 2.06 bits per heavy atom. The molecule has 1 aromatic rings. The van der Waals surface area contributed by atoms with Gasteiger partial charge in [-0.3, -0.25) is 0 Å². The topological polar surface area (TPSA) is 29.5 Å². The minimum atomic E-state index is -0.458. The van der Waals surface area contributed by atoms with Crippen LogP contribution in [0.5, 0.6) is 0 Å². The molecule has 3 heteroatoms. The van der Waals surface area contributed by atoms with Crippen LogP contribution in [0.2, 0.25) is 0 Å². The van der Waals surface area contributed by atoms with Gasteiger partial charge in [-0.15, -0.1) is 11.3 Å². The van der Waals surface area contributed by atoms with Gasteiger partial charge in [0.2, 0.25) is 0 Å². The highest BCUT2D eigenvalue weighted by molar-refractivity contribution is 7.10. The van der Waals surface area contributed by atoms with Crippen LogP contribution in [0, 0.1) is 0 Å². The Hall–Kier alpha value is -0.380. The maximum atomic E-state index is 10.6. The molecule has 0 spiro atoms. The van der Waals surface area contributed by atoms with Gasteiger partial charge in [-0.05, 0) is 31.2 Å². The number of hydrogen-bond donors (Lipinski definition) is 1. The zero-order valence-electron chi connectivity index (χ0n) is 10.5. The molecule has 0 amide bonds. The first-order valence-electron chi connectivity index (χ1n) is 6.64. The maximum absolute atomic E-state index is 10.6. The summed E-state index contributed by atoms with van der Waals surface area (Å²) in [5.74, 6) is 0. The summed E-state index contributed by atoms with van der Waals surface area (Å²) in [6, 6.07) is 4.01. The fraction of sp³-hybridized carbons (Fsp3) is 0.714. The minimum absolute atomic E-state index is 0.337. The largest absolute Gasteiger partial charge is 0.385 e. The summed E-state index contributed by atoms with van der Waals surface area (Å²) in [7, 11) is 0. The van der Waals surface area contributed by atoms with Crippen LogP contribution in [0.1, 0.15) is 56.4 Å². The molecule has 1 fully saturated rings. The van der Waals surface area contributed by atoms with E-state index >= 15 is 0 Å². The molecule has 1 heterocycles. The van der Waals surface area contributed by atoms with Gasteiger partial charge in [-0.25, -0.2) is 0 Å². The zero-order chi connectivity index (χ0) is 12.1. The molecule has 1 aliphatic rings. The van der Waals surface area contributed by atoms with Crippen LogP contribution in [0.25, 0.3) is 0 Å². The lowest BCUT2D eigenvalue weighted by Crippen LogP contribution is -2.39. The van der Waals surface area contributed by atoms with E-state index in [0.29, 0.717) is 6.61 Å². The van der Waals surface area contributed by atoms with Crippen molar-refractivity contribution in [2.45, 2.75) is 57.2 Å². The molecular formula is C14H22O2S. The summed E-state index contributed by atoms with van der Waals surface area (Å²) in [6.45, 7) is 2.70. The van der Waals surface area contributed by atoms with E-state index in [1.165, 1.54) is 25.7 Å². The van der Waals surface area contributed by atoms with Gasteiger partial charge in [-0.1, -0.05) is 31.7 Å². The van der Waals surface area contributed by atoms with Gasteiger partial charge in [0, 0.05) is 11.5 Å². The molecule has 1 aromatic heterocycles. The number of aliphatic hydroxyl groups excluding tert-OH is 1. The minimum Gasteiger partial charge on any atom is -0.385 e. The lowest BCUT2D eigenvalue weighted by atomic mass is 9.87. The smallest absolute Gasteiger partial charge is 0.117 e. The van der Waals surface area contributed by atoms with Crippen LogP contribution in [0.15, 0.2) is 17.5 Å². The molecule has 1 saturated carbocycles. The van der Waals surface area contributed by atoms with Crippen LogP contribution < -0.4 is 0 Å². The van der Waals surface area contributed by atoms with Crippen LogP contribution in [0.3, 0.4) is 0 Å². The van der Waals surface area contributed by atoms with Crippen LogP contribution in [-0.2, 0) is 4.74 Å². The van der Waals surface area contributed by atoms with Gasteiger partial charge in [0.15, 0.2) is 0 Å². The summed E-state index contributed by atoms with van der Waals surface area (Å²) in [5, 5.41) is 12.6. The van der Waals surface area contributed by atoms with Crippen LogP contribution in [-0.4, -0.2) is 17.3 Å². The number of aliphatic hydroxyl groups is 1.